The standard InChI is InChI=1S/C23H25N3O3/c1-25-12-18-16(22(25)27)8-5-9-20(18)24-23(28)26-13-17(15-6-3-2-4-7-15)19-14-29-11-10-21(19)26/h2-9,17,19,21H,10-14H2,1H3,(H,24,28)/t17-,19+,21-/m1/s1. The average molecular weight is 391 g/mol. The molecule has 3 amide bonds. The van der Waals surface area contributed by atoms with E-state index in [1.807, 2.05) is 29.2 Å². The maximum Gasteiger partial charge on any atom is 0.322 e. The van der Waals surface area contributed by atoms with Crippen molar-refractivity contribution in [2.75, 3.05) is 32.1 Å². The SMILES string of the molecule is CN1Cc2c(NC(=O)N3C[C@H](c4ccccc4)[C@@H]4COCC[C@H]43)cccc2C1=O. The molecule has 0 aromatic heterocycles. The molecule has 0 spiro atoms. The quantitative estimate of drug-likeness (QED) is 0.854. The van der Waals surface area contributed by atoms with E-state index in [9.17, 15) is 9.59 Å². The molecule has 1 N–H and O–H groups in total. The van der Waals surface area contributed by atoms with Crippen molar-refractivity contribution in [2.24, 2.45) is 5.92 Å². The molecular weight excluding hydrogens is 366 g/mol. The molecule has 2 saturated heterocycles. The summed E-state index contributed by atoms with van der Waals surface area (Å²) in [5.74, 6) is 0.596. The van der Waals surface area contributed by atoms with Crippen LogP contribution in [0, 0.1) is 5.92 Å². The fraction of sp³-hybridized carbons (Fsp3) is 0.391. The van der Waals surface area contributed by atoms with E-state index < -0.39 is 0 Å². The number of amides is 3. The summed E-state index contributed by atoms with van der Waals surface area (Å²) in [5, 5.41) is 3.10. The Morgan fingerprint density at radius 2 is 1.97 bits per heavy atom. The van der Waals surface area contributed by atoms with Gasteiger partial charge in [-0.05, 0) is 24.1 Å². The van der Waals surface area contributed by atoms with Crippen LogP contribution in [0.2, 0.25) is 0 Å². The molecule has 0 bridgehead atoms. The number of rotatable bonds is 2. The Bertz CT molecular complexity index is 946. The Morgan fingerprint density at radius 3 is 2.79 bits per heavy atom. The van der Waals surface area contributed by atoms with Crippen LogP contribution in [-0.2, 0) is 11.3 Å². The Balaban J connectivity index is 1.40. The van der Waals surface area contributed by atoms with Crippen molar-refractivity contribution in [3.63, 3.8) is 0 Å². The molecule has 2 aromatic rings. The fourth-order valence-electron chi connectivity index (χ4n) is 5.07. The number of nitrogens with zero attached hydrogens (tertiary/aromatic N) is 2. The topological polar surface area (TPSA) is 61.9 Å². The summed E-state index contributed by atoms with van der Waals surface area (Å²) in [4.78, 5) is 29.2. The third-order valence-electron chi connectivity index (χ3n) is 6.55. The predicted molar refractivity (Wildman–Crippen MR) is 110 cm³/mol. The highest BCUT2D eigenvalue weighted by Crippen LogP contribution is 2.41. The third-order valence-corrected chi connectivity index (χ3v) is 6.55. The molecular formula is C23H25N3O3. The first-order valence-electron chi connectivity index (χ1n) is 10.2. The van der Waals surface area contributed by atoms with Crippen molar-refractivity contribution < 1.29 is 14.3 Å². The first kappa shape index (κ1) is 18.2. The Hall–Kier alpha value is -2.86. The van der Waals surface area contributed by atoms with E-state index in [4.69, 9.17) is 4.74 Å². The fourth-order valence-corrected chi connectivity index (χ4v) is 5.07. The summed E-state index contributed by atoms with van der Waals surface area (Å²) >= 11 is 0. The van der Waals surface area contributed by atoms with Gasteiger partial charge in [-0.15, -0.1) is 0 Å². The number of urea groups is 1. The number of ether oxygens (including phenoxy) is 1. The largest absolute Gasteiger partial charge is 0.381 e. The van der Waals surface area contributed by atoms with Gasteiger partial charge in [0.1, 0.15) is 0 Å². The van der Waals surface area contributed by atoms with Gasteiger partial charge in [0.2, 0.25) is 0 Å². The van der Waals surface area contributed by atoms with Gasteiger partial charge in [-0.2, -0.15) is 0 Å². The van der Waals surface area contributed by atoms with Crippen LogP contribution in [-0.4, -0.2) is 54.6 Å². The van der Waals surface area contributed by atoms with Gasteiger partial charge in [-0.25, -0.2) is 4.79 Å². The molecule has 6 nitrogen and oxygen atoms in total. The van der Waals surface area contributed by atoms with Crippen molar-refractivity contribution in [3.8, 4) is 0 Å². The van der Waals surface area contributed by atoms with Crippen LogP contribution in [0.3, 0.4) is 0 Å². The molecule has 0 aliphatic carbocycles. The van der Waals surface area contributed by atoms with Gasteiger partial charge in [-0.3, -0.25) is 4.79 Å². The molecule has 2 aromatic carbocycles. The predicted octanol–water partition coefficient (Wildman–Crippen LogP) is 3.31. The smallest absolute Gasteiger partial charge is 0.322 e. The molecule has 2 fully saturated rings. The van der Waals surface area contributed by atoms with Crippen molar-refractivity contribution >= 4 is 17.6 Å². The van der Waals surface area contributed by atoms with Crippen LogP contribution >= 0.6 is 0 Å². The van der Waals surface area contributed by atoms with Gasteiger partial charge in [0.25, 0.3) is 5.91 Å². The van der Waals surface area contributed by atoms with Crippen molar-refractivity contribution in [1.82, 2.24) is 9.80 Å². The molecule has 3 aliphatic heterocycles. The summed E-state index contributed by atoms with van der Waals surface area (Å²) in [7, 11) is 1.78. The zero-order chi connectivity index (χ0) is 20.0. The van der Waals surface area contributed by atoms with E-state index >= 15 is 0 Å². The lowest BCUT2D eigenvalue weighted by Gasteiger charge is -2.32. The second-order valence-corrected chi connectivity index (χ2v) is 8.19. The van der Waals surface area contributed by atoms with Crippen molar-refractivity contribution in [3.05, 3.63) is 65.2 Å². The normalized spacial score (nSPS) is 25.7. The van der Waals surface area contributed by atoms with Gasteiger partial charge >= 0.3 is 6.03 Å². The summed E-state index contributed by atoms with van der Waals surface area (Å²) < 4.78 is 5.76. The van der Waals surface area contributed by atoms with E-state index in [0.29, 0.717) is 37.8 Å². The Labute approximate surface area is 170 Å². The first-order valence-corrected chi connectivity index (χ1v) is 10.2. The molecule has 0 saturated carbocycles. The number of hydrogen-bond acceptors (Lipinski definition) is 3. The molecule has 6 heteroatoms. The van der Waals surface area contributed by atoms with Gasteiger partial charge in [0.15, 0.2) is 0 Å². The second-order valence-electron chi connectivity index (χ2n) is 8.19. The minimum atomic E-state index is -0.0873. The third kappa shape index (κ3) is 3.08. The lowest BCUT2D eigenvalue weighted by atomic mass is 9.84. The average Bonchev–Trinajstić information content (AvgIpc) is 3.28. The number of carbonyl (C=O) groups excluding carboxylic acids is 2. The van der Waals surface area contributed by atoms with E-state index in [1.54, 1.807) is 11.9 Å². The summed E-state index contributed by atoms with van der Waals surface area (Å²) in [6.07, 6.45) is 0.857. The van der Waals surface area contributed by atoms with E-state index in [0.717, 1.165) is 17.7 Å². The highest BCUT2D eigenvalue weighted by molar-refractivity contribution is 6.01. The van der Waals surface area contributed by atoms with Crippen LogP contribution < -0.4 is 5.32 Å². The van der Waals surface area contributed by atoms with Crippen LogP contribution in [0.1, 0.15) is 33.8 Å². The number of nitrogens with one attached hydrogen (secondary N) is 1. The van der Waals surface area contributed by atoms with Crippen LogP contribution in [0.5, 0.6) is 0 Å². The van der Waals surface area contributed by atoms with E-state index in [-0.39, 0.29) is 23.9 Å². The highest BCUT2D eigenvalue weighted by Gasteiger charge is 2.46. The maximum atomic E-state index is 13.3. The summed E-state index contributed by atoms with van der Waals surface area (Å²) in [6.45, 7) is 2.58. The van der Waals surface area contributed by atoms with Crippen LogP contribution in [0.15, 0.2) is 48.5 Å². The molecule has 3 atom stereocenters. The number of benzene rings is 2. The number of hydrogen-bond donors (Lipinski definition) is 1. The second kappa shape index (κ2) is 7.19. The summed E-state index contributed by atoms with van der Waals surface area (Å²) in [5.41, 5.74) is 3.57. The molecule has 0 radical (unpaired) electrons. The van der Waals surface area contributed by atoms with Crippen LogP contribution in [0.25, 0.3) is 0 Å². The van der Waals surface area contributed by atoms with Crippen molar-refractivity contribution in [2.45, 2.75) is 24.9 Å². The minimum absolute atomic E-state index is 0.00547. The van der Waals surface area contributed by atoms with Gasteiger partial charge in [0.05, 0.1) is 6.61 Å². The Morgan fingerprint density at radius 1 is 1.14 bits per heavy atom. The molecule has 3 aliphatic rings. The van der Waals surface area contributed by atoms with Gasteiger partial charge in [-0.1, -0.05) is 36.4 Å². The number of likely N-dealkylation sites (tertiary alicyclic amines) is 1. The molecule has 5 rings (SSSR count). The first-order chi connectivity index (χ1) is 14.1. The zero-order valence-electron chi connectivity index (χ0n) is 16.5. The van der Waals surface area contributed by atoms with Crippen LogP contribution in [0.4, 0.5) is 10.5 Å². The van der Waals surface area contributed by atoms with Gasteiger partial charge in [0, 0.05) is 61.4 Å². The lowest BCUT2D eigenvalue weighted by molar-refractivity contribution is 0.0272. The summed E-state index contributed by atoms with van der Waals surface area (Å²) in [6, 6.07) is 16.0. The van der Waals surface area contributed by atoms with E-state index in [2.05, 4.69) is 29.6 Å². The van der Waals surface area contributed by atoms with Crippen molar-refractivity contribution in [1.29, 1.82) is 0 Å². The lowest BCUT2D eigenvalue weighted by Crippen LogP contribution is -2.44. The number of fused-ring (bicyclic) bond motifs is 2. The number of anilines is 1. The molecule has 150 valence electrons. The monoisotopic (exact) mass is 391 g/mol. The minimum Gasteiger partial charge on any atom is -0.381 e. The maximum absolute atomic E-state index is 13.3. The van der Waals surface area contributed by atoms with E-state index in [1.165, 1.54) is 5.56 Å². The highest BCUT2D eigenvalue weighted by atomic mass is 16.5. The molecule has 0 unspecified atom stereocenters. The van der Waals surface area contributed by atoms with Gasteiger partial charge < -0.3 is 19.9 Å². The number of carbonyl (C=O) groups is 2. The molecule has 29 heavy (non-hydrogen) atoms. The molecule has 3 heterocycles. The Kier molecular flexibility index (Phi) is 4.51. The zero-order valence-corrected chi connectivity index (χ0v) is 16.5.